The summed E-state index contributed by atoms with van der Waals surface area (Å²) in [6.45, 7) is 2.51. The van der Waals surface area contributed by atoms with Crippen LogP contribution in [-0.2, 0) is 4.79 Å². The van der Waals surface area contributed by atoms with Crippen molar-refractivity contribution < 1.29 is 13.9 Å². The van der Waals surface area contributed by atoms with Crippen molar-refractivity contribution in [1.29, 1.82) is 0 Å². The number of amides is 1. The van der Waals surface area contributed by atoms with Crippen LogP contribution in [-0.4, -0.2) is 37.0 Å². The normalized spacial score (nSPS) is 12.5. The summed E-state index contributed by atoms with van der Waals surface area (Å²) >= 11 is 0. The smallest absolute Gasteiger partial charge is 0.234 e. The highest BCUT2D eigenvalue weighted by molar-refractivity contribution is 5.79. The summed E-state index contributed by atoms with van der Waals surface area (Å²) in [5.74, 6) is -0.566. The minimum atomic E-state index is -0.391. The van der Waals surface area contributed by atoms with Gasteiger partial charge in [-0.3, -0.25) is 9.69 Å². The van der Waals surface area contributed by atoms with Crippen LogP contribution >= 0.6 is 0 Å². The van der Waals surface area contributed by atoms with Gasteiger partial charge in [0.15, 0.2) is 11.6 Å². The van der Waals surface area contributed by atoms with Gasteiger partial charge in [0.2, 0.25) is 5.91 Å². The number of likely N-dealkylation sites (N-methyl/N-ethyl adjacent to an activating group) is 1. The summed E-state index contributed by atoms with van der Waals surface area (Å²) in [7, 11) is 1.76. The highest BCUT2D eigenvalue weighted by Crippen LogP contribution is 2.15. The molecule has 0 spiro atoms. The third-order valence-electron chi connectivity index (χ3n) is 2.61. The number of hydrogen-bond acceptors (Lipinski definition) is 3. The van der Waals surface area contributed by atoms with E-state index in [1.807, 2.05) is 0 Å². The molecule has 0 bridgehead atoms. The van der Waals surface area contributed by atoms with E-state index in [1.165, 1.54) is 6.07 Å². The highest BCUT2D eigenvalue weighted by atomic mass is 19.1. The van der Waals surface area contributed by atoms with Gasteiger partial charge in [-0.2, -0.15) is 0 Å². The van der Waals surface area contributed by atoms with Crippen molar-refractivity contribution in [3.05, 3.63) is 30.1 Å². The molecule has 1 aromatic carbocycles. The van der Waals surface area contributed by atoms with Gasteiger partial charge in [0, 0.05) is 6.54 Å². The standard InChI is InChI=1S/C12H17FN2O2/c1-9(12(14)16)15(2)7-8-17-11-6-4-3-5-10(11)13/h3-6,9H,7-8H2,1-2H3,(H2,14,16)/t9-/m1/s1. The Kier molecular flexibility index (Phi) is 4.90. The van der Waals surface area contributed by atoms with E-state index in [0.29, 0.717) is 13.2 Å². The molecule has 94 valence electrons. The molecule has 0 aliphatic rings. The molecule has 0 radical (unpaired) electrons. The first-order valence-electron chi connectivity index (χ1n) is 5.39. The lowest BCUT2D eigenvalue weighted by atomic mass is 10.3. The molecule has 17 heavy (non-hydrogen) atoms. The van der Waals surface area contributed by atoms with E-state index in [-0.39, 0.29) is 11.8 Å². The fourth-order valence-corrected chi connectivity index (χ4v) is 1.27. The fraction of sp³-hybridized carbons (Fsp3) is 0.417. The molecular formula is C12H17FN2O2. The number of benzene rings is 1. The summed E-state index contributed by atoms with van der Waals surface area (Å²) in [4.78, 5) is 12.7. The van der Waals surface area contributed by atoms with E-state index >= 15 is 0 Å². The zero-order valence-electron chi connectivity index (χ0n) is 10.0. The molecule has 0 aliphatic heterocycles. The SMILES string of the molecule is C[C@H](C(N)=O)N(C)CCOc1ccccc1F. The Morgan fingerprint density at radius 3 is 2.76 bits per heavy atom. The van der Waals surface area contributed by atoms with E-state index in [0.717, 1.165) is 0 Å². The fourth-order valence-electron chi connectivity index (χ4n) is 1.27. The Bertz CT molecular complexity index is 385. The second kappa shape index (κ2) is 6.20. The number of nitrogens with two attached hydrogens (primary N) is 1. The topological polar surface area (TPSA) is 55.6 Å². The van der Waals surface area contributed by atoms with Gasteiger partial charge >= 0.3 is 0 Å². The maximum Gasteiger partial charge on any atom is 0.234 e. The van der Waals surface area contributed by atoms with Crippen molar-refractivity contribution in [2.24, 2.45) is 5.73 Å². The lowest BCUT2D eigenvalue weighted by Gasteiger charge is -2.21. The number of halogens is 1. The van der Waals surface area contributed by atoms with Gasteiger partial charge in [-0.05, 0) is 26.1 Å². The minimum Gasteiger partial charge on any atom is -0.489 e. The van der Waals surface area contributed by atoms with Crippen molar-refractivity contribution in [2.75, 3.05) is 20.2 Å². The number of nitrogens with zero attached hydrogens (tertiary/aromatic N) is 1. The maximum absolute atomic E-state index is 13.2. The van der Waals surface area contributed by atoms with Gasteiger partial charge in [0.25, 0.3) is 0 Å². The molecule has 0 saturated carbocycles. The van der Waals surface area contributed by atoms with E-state index in [4.69, 9.17) is 10.5 Å². The van der Waals surface area contributed by atoms with Gasteiger partial charge < -0.3 is 10.5 Å². The summed E-state index contributed by atoms with van der Waals surface area (Å²) in [6.07, 6.45) is 0. The van der Waals surface area contributed by atoms with Crippen LogP contribution in [0.3, 0.4) is 0 Å². The molecule has 0 heterocycles. The van der Waals surface area contributed by atoms with Crippen LogP contribution in [0.5, 0.6) is 5.75 Å². The van der Waals surface area contributed by atoms with Crippen LogP contribution in [0.25, 0.3) is 0 Å². The zero-order valence-corrected chi connectivity index (χ0v) is 10.0. The Balaban J connectivity index is 2.38. The molecule has 4 nitrogen and oxygen atoms in total. The molecule has 0 fully saturated rings. The Morgan fingerprint density at radius 1 is 1.53 bits per heavy atom. The van der Waals surface area contributed by atoms with E-state index in [9.17, 15) is 9.18 Å². The summed E-state index contributed by atoms with van der Waals surface area (Å²) in [5, 5.41) is 0. The average molecular weight is 240 g/mol. The van der Waals surface area contributed by atoms with Gasteiger partial charge in [0.1, 0.15) is 6.61 Å². The molecule has 1 atom stereocenters. The van der Waals surface area contributed by atoms with Gasteiger partial charge in [0.05, 0.1) is 6.04 Å². The highest BCUT2D eigenvalue weighted by Gasteiger charge is 2.14. The lowest BCUT2D eigenvalue weighted by Crippen LogP contribution is -2.42. The summed E-state index contributed by atoms with van der Waals surface area (Å²) < 4.78 is 18.5. The average Bonchev–Trinajstić information content (AvgIpc) is 2.30. The molecule has 1 rings (SSSR count). The predicted molar refractivity (Wildman–Crippen MR) is 63.2 cm³/mol. The van der Waals surface area contributed by atoms with Crippen LogP contribution in [0.4, 0.5) is 4.39 Å². The van der Waals surface area contributed by atoms with Crippen molar-refractivity contribution >= 4 is 5.91 Å². The van der Waals surface area contributed by atoms with Crippen LogP contribution in [0.2, 0.25) is 0 Å². The summed E-state index contributed by atoms with van der Waals surface area (Å²) in [5.41, 5.74) is 5.16. The van der Waals surface area contributed by atoms with Gasteiger partial charge in [-0.15, -0.1) is 0 Å². The second-order valence-electron chi connectivity index (χ2n) is 3.84. The maximum atomic E-state index is 13.2. The molecule has 1 amide bonds. The molecule has 0 aliphatic carbocycles. The largest absolute Gasteiger partial charge is 0.489 e. The van der Waals surface area contributed by atoms with E-state index < -0.39 is 11.7 Å². The first-order chi connectivity index (χ1) is 8.02. The monoisotopic (exact) mass is 240 g/mol. The summed E-state index contributed by atoms with van der Waals surface area (Å²) in [6, 6.07) is 5.84. The van der Waals surface area contributed by atoms with Crippen LogP contribution in [0.1, 0.15) is 6.92 Å². The molecule has 0 saturated heterocycles. The zero-order chi connectivity index (χ0) is 12.8. The van der Waals surface area contributed by atoms with Gasteiger partial charge in [-0.25, -0.2) is 4.39 Å². The Labute approximate surface area is 100 Å². The number of rotatable bonds is 6. The first kappa shape index (κ1) is 13.4. The number of ether oxygens (including phenoxy) is 1. The first-order valence-corrected chi connectivity index (χ1v) is 5.39. The molecule has 1 aromatic rings. The van der Waals surface area contributed by atoms with Crippen LogP contribution < -0.4 is 10.5 Å². The number of para-hydroxylation sites is 1. The molecule has 0 unspecified atom stereocenters. The van der Waals surface area contributed by atoms with Gasteiger partial charge in [-0.1, -0.05) is 12.1 Å². The molecular weight excluding hydrogens is 223 g/mol. The Hall–Kier alpha value is -1.62. The van der Waals surface area contributed by atoms with Crippen molar-refractivity contribution in [3.8, 4) is 5.75 Å². The second-order valence-corrected chi connectivity index (χ2v) is 3.84. The van der Waals surface area contributed by atoms with Crippen molar-refractivity contribution in [2.45, 2.75) is 13.0 Å². The molecule has 2 N–H and O–H groups in total. The molecule has 0 aromatic heterocycles. The quantitative estimate of drug-likeness (QED) is 0.807. The number of hydrogen-bond donors (Lipinski definition) is 1. The Morgan fingerprint density at radius 2 is 2.18 bits per heavy atom. The van der Waals surface area contributed by atoms with Crippen LogP contribution in [0.15, 0.2) is 24.3 Å². The number of carbonyl (C=O) groups excluding carboxylic acids is 1. The van der Waals surface area contributed by atoms with E-state index in [1.54, 1.807) is 37.1 Å². The molecule has 5 heteroatoms. The lowest BCUT2D eigenvalue weighted by molar-refractivity contribution is -0.122. The number of carbonyl (C=O) groups is 1. The third kappa shape index (κ3) is 4.03. The van der Waals surface area contributed by atoms with Crippen LogP contribution in [0, 0.1) is 5.82 Å². The third-order valence-corrected chi connectivity index (χ3v) is 2.61. The van der Waals surface area contributed by atoms with E-state index in [2.05, 4.69) is 0 Å². The number of primary amides is 1. The minimum absolute atomic E-state index is 0.215. The van der Waals surface area contributed by atoms with Crippen molar-refractivity contribution in [3.63, 3.8) is 0 Å². The van der Waals surface area contributed by atoms with Crippen molar-refractivity contribution in [1.82, 2.24) is 4.90 Å². The predicted octanol–water partition coefficient (Wildman–Crippen LogP) is 1.01.